The van der Waals surface area contributed by atoms with Crippen molar-refractivity contribution in [1.82, 2.24) is 9.97 Å². The second-order valence-corrected chi connectivity index (χ2v) is 7.06. The Morgan fingerprint density at radius 3 is 2.42 bits per heavy atom. The molecule has 0 saturated carbocycles. The quantitative estimate of drug-likeness (QED) is 0.606. The lowest BCUT2D eigenvalue weighted by atomic mass is 10.2. The predicted molar refractivity (Wildman–Crippen MR) is 85.7 cm³/mol. The zero-order valence-corrected chi connectivity index (χ0v) is 13.4. The lowest BCUT2D eigenvalue weighted by Crippen LogP contribution is -2.14. The molecule has 0 aliphatic carbocycles. The molecule has 3 N–H and O–H groups in total. The Morgan fingerprint density at radius 2 is 1.71 bits per heavy atom. The molecule has 5 nitrogen and oxygen atoms in total. The van der Waals surface area contributed by atoms with Crippen LogP contribution in [0.1, 0.15) is 5.56 Å². The van der Waals surface area contributed by atoms with Gasteiger partial charge in [0.05, 0.1) is 21.5 Å². The van der Waals surface area contributed by atoms with Crippen LogP contribution in [0.4, 0.5) is 18.9 Å². The first-order valence-electron chi connectivity index (χ1n) is 6.57. The SMILES string of the molecule is O=S(=O)(Nc1cccc(C(F)(F)F)c1)c1ccc2[nH]c(=S)[nH]c2c1. The van der Waals surface area contributed by atoms with Gasteiger partial charge in [-0.15, -0.1) is 0 Å². The molecular weight excluding hydrogens is 363 g/mol. The number of aromatic amines is 2. The fraction of sp³-hybridized carbons (Fsp3) is 0.0714. The van der Waals surface area contributed by atoms with Crippen molar-refractivity contribution >= 4 is 39.0 Å². The van der Waals surface area contributed by atoms with Gasteiger partial charge in [-0.2, -0.15) is 13.2 Å². The van der Waals surface area contributed by atoms with Crippen LogP contribution < -0.4 is 4.72 Å². The molecule has 0 amide bonds. The van der Waals surface area contributed by atoms with Gasteiger partial charge in [0.25, 0.3) is 10.0 Å². The number of imidazole rings is 1. The second-order valence-electron chi connectivity index (χ2n) is 4.97. The third kappa shape index (κ3) is 3.29. The van der Waals surface area contributed by atoms with Gasteiger partial charge in [-0.25, -0.2) is 8.42 Å². The van der Waals surface area contributed by atoms with E-state index in [1.54, 1.807) is 0 Å². The highest BCUT2D eigenvalue weighted by Crippen LogP contribution is 2.31. The molecule has 0 radical (unpaired) electrons. The highest BCUT2D eigenvalue weighted by molar-refractivity contribution is 7.92. The number of rotatable bonds is 3. The van der Waals surface area contributed by atoms with Crippen LogP contribution in [0.5, 0.6) is 0 Å². The number of aromatic nitrogens is 2. The van der Waals surface area contributed by atoms with Crippen LogP contribution in [0.25, 0.3) is 11.0 Å². The van der Waals surface area contributed by atoms with Gasteiger partial charge in [0.1, 0.15) is 0 Å². The Bertz CT molecular complexity index is 1070. The number of alkyl halides is 3. The summed E-state index contributed by atoms with van der Waals surface area (Å²) in [5.41, 5.74) is -0.00951. The van der Waals surface area contributed by atoms with Crippen LogP contribution in [0.2, 0.25) is 0 Å². The Hall–Kier alpha value is -2.33. The summed E-state index contributed by atoms with van der Waals surface area (Å²) in [7, 11) is -4.04. The van der Waals surface area contributed by atoms with E-state index in [2.05, 4.69) is 14.7 Å². The third-order valence-corrected chi connectivity index (χ3v) is 4.82. The van der Waals surface area contributed by atoms with E-state index in [0.29, 0.717) is 15.8 Å². The van der Waals surface area contributed by atoms with Gasteiger partial charge in [-0.3, -0.25) is 4.72 Å². The number of sulfonamides is 1. The number of H-pyrrole nitrogens is 2. The molecule has 0 atom stereocenters. The second kappa shape index (κ2) is 5.64. The number of hydrogen-bond donors (Lipinski definition) is 3. The molecule has 10 heteroatoms. The molecule has 0 unspecified atom stereocenters. The molecule has 3 aromatic rings. The topological polar surface area (TPSA) is 77.8 Å². The van der Waals surface area contributed by atoms with E-state index >= 15 is 0 Å². The van der Waals surface area contributed by atoms with Crippen LogP contribution in [0.3, 0.4) is 0 Å². The first kappa shape index (κ1) is 16.5. The van der Waals surface area contributed by atoms with Gasteiger partial charge in [0.2, 0.25) is 0 Å². The summed E-state index contributed by atoms with van der Waals surface area (Å²) in [6.07, 6.45) is -4.56. The van der Waals surface area contributed by atoms with E-state index in [9.17, 15) is 21.6 Å². The van der Waals surface area contributed by atoms with Crippen molar-refractivity contribution in [2.75, 3.05) is 4.72 Å². The van der Waals surface area contributed by atoms with Gasteiger partial charge in [0.15, 0.2) is 4.77 Å². The predicted octanol–water partition coefficient (Wildman–Crippen LogP) is 4.05. The van der Waals surface area contributed by atoms with Gasteiger partial charge in [-0.05, 0) is 48.6 Å². The zero-order valence-electron chi connectivity index (χ0n) is 11.8. The maximum Gasteiger partial charge on any atom is 0.416 e. The van der Waals surface area contributed by atoms with Crippen LogP contribution in [-0.2, 0) is 16.2 Å². The monoisotopic (exact) mass is 373 g/mol. The molecule has 24 heavy (non-hydrogen) atoms. The summed E-state index contributed by atoms with van der Waals surface area (Å²) in [6.45, 7) is 0. The summed E-state index contributed by atoms with van der Waals surface area (Å²) in [4.78, 5) is 5.51. The molecule has 126 valence electrons. The standard InChI is InChI=1S/C14H10F3N3O2S2/c15-14(16,17)8-2-1-3-9(6-8)20-24(21,22)10-4-5-11-12(7-10)19-13(23)18-11/h1-7,20H,(H2,18,19,23). The summed E-state index contributed by atoms with van der Waals surface area (Å²) < 4.78 is 65.3. The first-order chi connectivity index (χ1) is 11.1. The minimum absolute atomic E-state index is 0.0994. The summed E-state index contributed by atoms with van der Waals surface area (Å²) in [5, 5.41) is 0. The smallest absolute Gasteiger partial charge is 0.331 e. The molecule has 0 bridgehead atoms. The zero-order chi connectivity index (χ0) is 17.5. The molecule has 3 rings (SSSR count). The van der Waals surface area contributed by atoms with Crippen molar-refractivity contribution < 1.29 is 21.6 Å². The van der Waals surface area contributed by atoms with Crippen LogP contribution in [0.15, 0.2) is 47.4 Å². The summed E-state index contributed by atoms with van der Waals surface area (Å²) >= 11 is 4.92. The Balaban J connectivity index is 1.97. The summed E-state index contributed by atoms with van der Waals surface area (Å²) in [6, 6.07) is 8.17. The van der Waals surface area contributed by atoms with Crippen molar-refractivity contribution in [2.45, 2.75) is 11.1 Å². The van der Waals surface area contributed by atoms with Crippen molar-refractivity contribution in [2.24, 2.45) is 0 Å². The van der Waals surface area contributed by atoms with Crippen molar-refractivity contribution in [1.29, 1.82) is 0 Å². The molecular formula is C14H10F3N3O2S2. The van der Waals surface area contributed by atoms with Gasteiger partial charge >= 0.3 is 6.18 Å². The average molecular weight is 373 g/mol. The normalized spacial score (nSPS) is 12.5. The number of fused-ring (bicyclic) bond motifs is 1. The number of benzene rings is 2. The van der Waals surface area contributed by atoms with Crippen LogP contribution in [0, 0.1) is 4.77 Å². The minimum Gasteiger partial charge on any atom is -0.331 e. The number of halogens is 3. The molecule has 1 heterocycles. The maximum absolute atomic E-state index is 12.7. The average Bonchev–Trinajstić information content (AvgIpc) is 2.85. The molecule has 2 aromatic carbocycles. The maximum atomic E-state index is 12.7. The Kier molecular flexibility index (Phi) is 3.88. The molecule has 0 spiro atoms. The molecule has 1 aromatic heterocycles. The van der Waals surface area contributed by atoms with E-state index in [4.69, 9.17) is 12.2 Å². The van der Waals surface area contributed by atoms with Gasteiger partial charge in [-0.1, -0.05) is 6.07 Å². The van der Waals surface area contributed by atoms with Gasteiger partial charge < -0.3 is 9.97 Å². The van der Waals surface area contributed by atoms with E-state index in [-0.39, 0.29) is 10.6 Å². The van der Waals surface area contributed by atoms with Crippen molar-refractivity contribution in [3.8, 4) is 0 Å². The Labute approximate surface area is 139 Å². The molecule has 0 saturated heterocycles. The van der Waals surface area contributed by atoms with Crippen LogP contribution >= 0.6 is 12.2 Å². The molecule has 0 aliphatic heterocycles. The van der Waals surface area contributed by atoms with Gasteiger partial charge in [0, 0.05) is 5.69 Å². The Morgan fingerprint density at radius 1 is 1.00 bits per heavy atom. The van der Waals surface area contributed by atoms with Crippen LogP contribution in [-0.4, -0.2) is 18.4 Å². The lowest BCUT2D eigenvalue weighted by Gasteiger charge is -2.11. The number of anilines is 1. The van der Waals surface area contributed by atoms with E-state index < -0.39 is 21.8 Å². The molecule has 0 fully saturated rings. The highest BCUT2D eigenvalue weighted by atomic mass is 32.2. The largest absolute Gasteiger partial charge is 0.416 e. The fourth-order valence-electron chi connectivity index (χ4n) is 2.15. The number of hydrogen-bond acceptors (Lipinski definition) is 3. The van der Waals surface area contributed by atoms with E-state index in [1.165, 1.54) is 24.3 Å². The molecule has 0 aliphatic rings. The van der Waals surface area contributed by atoms with Crippen molar-refractivity contribution in [3.05, 3.63) is 52.8 Å². The highest BCUT2D eigenvalue weighted by Gasteiger charge is 2.30. The summed E-state index contributed by atoms with van der Waals surface area (Å²) in [5.74, 6) is 0. The lowest BCUT2D eigenvalue weighted by molar-refractivity contribution is -0.137. The first-order valence-corrected chi connectivity index (χ1v) is 8.46. The third-order valence-electron chi connectivity index (χ3n) is 3.24. The van der Waals surface area contributed by atoms with E-state index in [1.807, 2.05) is 0 Å². The number of nitrogens with one attached hydrogen (secondary N) is 3. The minimum atomic E-state index is -4.56. The van der Waals surface area contributed by atoms with Crippen molar-refractivity contribution in [3.63, 3.8) is 0 Å². The fourth-order valence-corrected chi connectivity index (χ4v) is 3.45. The van der Waals surface area contributed by atoms with E-state index in [0.717, 1.165) is 18.2 Å².